The predicted octanol–water partition coefficient (Wildman–Crippen LogP) is 6.06. The van der Waals surface area contributed by atoms with Crippen molar-refractivity contribution in [2.45, 2.75) is 31.6 Å². The number of aliphatic carboxylic acids is 1. The molecule has 1 heterocycles. The van der Waals surface area contributed by atoms with E-state index in [4.69, 9.17) is 14.2 Å². The maximum Gasteiger partial charge on any atom is 0.333 e. The van der Waals surface area contributed by atoms with E-state index in [1.807, 2.05) is 48.5 Å². The van der Waals surface area contributed by atoms with E-state index in [2.05, 4.69) is 17.0 Å². The first-order valence-corrected chi connectivity index (χ1v) is 13.8. The van der Waals surface area contributed by atoms with Crippen LogP contribution in [0.1, 0.15) is 29.5 Å². The quantitative estimate of drug-likeness (QED) is 0.162. The lowest BCUT2D eigenvalue weighted by Crippen LogP contribution is -2.43. The number of rotatable bonds is 12. The standard InChI is InChI=1S/C33H32N2O7/c1-2-40-32(33(36)37)31(24-16-18-25(19-17-24)35(38)39)27-12-6-8-14-29(27)41-22-26-21-34(20-23-10-4-3-5-11-23)28-13-7-9-15-30(28)42-26/h3-19,26,31-32H,2,20-22H2,1H3,(H,36,37). The number of carboxylic acids is 1. The third-order valence-electron chi connectivity index (χ3n) is 7.17. The number of non-ortho nitro benzene ring substituents is 1. The number of carboxylic acid groups (broad SMARTS) is 1. The van der Waals surface area contributed by atoms with Crippen LogP contribution in [0.3, 0.4) is 0 Å². The molecule has 0 aromatic heterocycles. The van der Waals surface area contributed by atoms with Gasteiger partial charge in [0.05, 0.1) is 17.2 Å². The van der Waals surface area contributed by atoms with Crippen LogP contribution in [0.15, 0.2) is 103 Å². The van der Waals surface area contributed by atoms with Crippen molar-refractivity contribution in [3.8, 4) is 11.5 Å². The van der Waals surface area contributed by atoms with Crippen LogP contribution in [0.4, 0.5) is 11.4 Å². The lowest BCUT2D eigenvalue weighted by Gasteiger charge is -2.36. The molecule has 1 N–H and O–H groups in total. The number of hydrogen-bond acceptors (Lipinski definition) is 7. The highest BCUT2D eigenvalue weighted by Gasteiger charge is 2.34. The Morgan fingerprint density at radius 1 is 1.00 bits per heavy atom. The van der Waals surface area contributed by atoms with Gasteiger partial charge in [0.25, 0.3) is 5.69 Å². The van der Waals surface area contributed by atoms with Gasteiger partial charge in [0, 0.05) is 36.8 Å². The van der Waals surface area contributed by atoms with Crippen molar-refractivity contribution in [1.29, 1.82) is 0 Å². The lowest BCUT2D eigenvalue weighted by atomic mass is 9.85. The van der Waals surface area contributed by atoms with Gasteiger partial charge in [-0.15, -0.1) is 0 Å². The maximum absolute atomic E-state index is 12.4. The average Bonchev–Trinajstić information content (AvgIpc) is 3.01. The molecule has 216 valence electrons. The summed E-state index contributed by atoms with van der Waals surface area (Å²) >= 11 is 0. The summed E-state index contributed by atoms with van der Waals surface area (Å²) in [7, 11) is 0. The minimum absolute atomic E-state index is 0.0832. The van der Waals surface area contributed by atoms with E-state index in [1.165, 1.54) is 17.7 Å². The molecule has 1 aliphatic heterocycles. The molecule has 0 radical (unpaired) electrons. The van der Waals surface area contributed by atoms with Crippen molar-refractivity contribution in [1.82, 2.24) is 0 Å². The minimum atomic E-state index is -1.24. The Bertz CT molecular complexity index is 1510. The Hall–Kier alpha value is -4.89. The van der Waals surface area contributed by atoms with Gasteiger partial charge in [-0.2, -0.15) is 0 Å². The molecule has 5 rings (SSSR count). The molecule has 0 fully saturated rings. The molecule has 0 saturated carbocycles. The second-order valence-corrected chi connectivity index (χ2v) is 9.96. The molecule has 9 heteroatoms. The molecule has 4 aromatic rings. The van der Waals surface area contributed by atoms with E-state index in [9.17, 15) is 20.0 Å². The number of benzene rings is 4. The summed E-state index contributed by atoms with van der Waals surface area (Å²) in [6, 6.07) is 31.2. The van der Waals surface area contributed by atoms with Crippen LogP contribution in [0, 0.1) is 10.1 Å². The van der Waals surface area contributed by atoms with Crippen molar-refractivity contribution >= 4 is 17.3 Å². The zero-order valence-electron chi connectivity index (χ0n) is 23.2. The SMILES string of the molecule is CCOC(C(=O)O)C(c1ccc([N+](=O)[O-])cc1)c1ccccc1OCC1CN(Cc2ccccc2)c2ccccc2O1. The van der Waals surface area contributed by atoms with Gasteiger partial charge >= 0.3 is 5.97 Å². The van der Waals surface area contributed by atoms with Gasteiger partial charge in [0.2, 0.25) is 0 Å². The fourth-order valence-corrected chi connectivity index (χ4v) is 5.28. The smallest absolute Gasteiger partial charge is 0.333 e. The number of para-hydroxylation sites is 3. The van der Waals surface area contributed by atoms with Gasteiger partial charge in [-0.3, -0.25) is 10.1 Å². The Kier molecular flexibility index (Phi) is 8.99. The number of fused-ring (bicyclic) bond motifs is 1. The van der Waals surface area contributed by atoms with Crippen LogP contribution in [0.25, 0.3) is 0 Å². The zero-order chi connectivity index (χ0) is 29.5. The monoisotopic (exact) mass is 568 g/mol. The number of nitrogens with zero attached hydrogens (tertiary/aromatic N) is 2. The highest BCUT2D eigenvalue weighted by molar-refractivity contribution is 5.75. The molecule has 3 unspecified atom stereocenters. The summed E-state index contributed by atoms with van der Waals surface area (Å²) in [5.41, 5.74) is 3.28. The highest BCUT2D eigenvalue weighted by Crippen LogP contribution is 2.38. The van der Waals surface area contributed by atoms with E-state index in [-0.39, 0.29) is 25.0 Å². The van der Waals surface area contributed by atoms with E-state index >= 15 is 0 Å². The van der Waals surface area contributed by atoms with Crippen LogP contribution in [0.5, 0.6) is 11.5 Å². The Balaban J connectivity index is 1.42. The fraction of sp³-hybridized carbons (Fsp3) is 0.242. The molecular weight excluding hydrogens is 536 g/mol. The minimum Gasteiger partial charge on any atom is -0.489 e. The third-order valence-corrected chi connectivity index (χ3v) is 7.17. The van der Waals surface area contributed by atoms with Crippen LogP contribution in [-0.4, -0.2) is 48.0 Å². The predicted molar refractivity (Wildman–Crippen MR) is 158 cm³/mol. The second-order valence-electron chi connectivity index (χ2n) is 9.96. The summed E-state index contributed by atoms with van der Waals surface area (Å²) in [6.07, 6.45) is -1.53. The van der Waals surface area contributed by atoms with E-state index in [0.717, 1.165) is 11.4 Å². The maximum atomic E-state index is 12.4. The zero-order valence-corrected chi connectivity index (χ0v) is 23.2. The fourth-order valence-electron chi connectivity index (χ4n) is 5.28. The van der Waals surface area contributed by atoms with Crippen molar-refractivity contribution in [3.05, 3.63) is 130 Å². The summed E-state index contributed by atoms with van der Waals surface area (Å²) < 4.78 is 18.4. The molecule has 3 atom stereocenters. The van der Waals surface area contributed by atoms with E-state index in [0.29, 0.717) is 30.0 Å². The average molecular weight is 569 g/mol. The van der Waals surface area contributed by atoms with Crippen LogP contribution < -0.4 is 14.4 Å². The molecule has 4 aromatic carbocycles. The number of carbonyl (C=O) groups is 1. The highest BCUT2D eigenvalue weighted by atomic mass is 16.6. The van der Waals surface area contributed by atoms with Crippen molar-refractivity contribution in [2.24, 2.45) is 0 Å². The van der Waals surface area contributed by atoms with Crippen molar-refractivity contribution < 1.29 is 29.0 Å². The molecule has 0 spiro atoms. The molecular formula is C33H32N2O7. The number of nitro groups is 1. The normalized spacial score (nSPS) is 15.6. The summed E-state index contributed by atoms with van der Waals surface area (Å²) in [6.45, 7) is 3.43. The summed E-state index contributed by atoms with van der Waals surface area (Å²) in [5, 5.41) is 21.3. The molecule has 0 aliphatic carbocycles. The topological polar surface area (TPSA) is 111 Å². The van der Waals surface area contributed by atoms with Gasteiger partial charge < -0.3 is 24.2 Å². The Labute approximate surface area is 244 Å². The Morgan fingerprint density at radius 2 is 1.69 bits per heavy atom. The summed E-state index contributed by atoms with van der Waals surface area (Å²) in [4.78, 5) is 25.4. The van der Waals surface area contributed by atoms with Gasteiger partial charge in [-0.1, -0.05) is 72.8 Å². The molecule has 9 nitrogen and oxygen atoms in total. The Morgan fingerprint density at radius 3 is 2.40 bits per heavy atom. The van der Waals surface area contributed by atoms with Crippen LogP contribution in [-0.2, 0) is 16.1 Å². The molecule has 0 amide bonds. The van der Waals surface area contributed by atoms with Gasteiger partial charge in [-0.05, 0) is 36.2 Å². The number of hydrogen-bond donors (Lipinski definition) is 1. The first-order valence-electron chi connectivity index (χ1n) is 13.8. The largest absolute Gasteiger partial charge is 0.489 e. The van der Waals surface area contributed by atoms with Crippen molar-refractivity contribution in [2.75, 3.05) is 24.7 Å². The van der Waals surface area contributed by atoms with Gasteiger partial charge in [0.15, 0.2) is 12.2 Å². The number of nitro benzene ring substituents is 1. The molecule has 0 bridgehead atoms. The van der Waals surface area contributed by atoms with E-state index < -0.39 is 22.9 Å². The van der Waals surface area contributed by atoms with E-state index in [1.54, 1.807) is 37.3 Å². The number of ether oxygens (including phenoxy) is 3. The first kappa shape index (κ1) is 28.6. The number of anilines is 1. The molecule has 42 heavy (non-hydrogen) atoms. The molecule has 1 aliphatic rings. The third kappa shape index (κ3) is 6.53. The summed E-state index contributed by atoms with van der Waals surface area (Å²) in [5.74, 6) is -0.655. The lowest BCUT2D eigenvalue weighted by molar-refractivity contribution is -0.384. The van der Waals surface area contributed by atoms with Gasteiger partial charge in [0.1, 0.15) is 18.1 Å². The first-order chi connectivity index (χ1) is 20.4. The van der Waals surface area contributed by atoms with Crippen molar-refractivity contribution in [3.63, 3.8) is 0 Å². The van der Waals surface area contributed by atoms with Crippen LogP contribution >= 0.6 is 0 Å². The molecule has 0 saturated heterocycles. The van der Waals surface area contributed by atoms with Gasteiger partial charge in [-0.25, -0.2) is 4.79 Å². The second kappa shape index (κ2) is 13.2. The van der Waals surface area contributed by atoms with Crippen LogP contribution in [0.2, 0.25) is 0 Å².